The van der Waals surface area contributed by atoms with E-state index in [2.05, 4.69) is 38.5 Å². The Morgan fingerprint density at radius 2 is 1.70 bits per heavy atom. The lowest BCUT2D eigenvalue weighted by Crippen LogP contribution is -2.58. The van der Waals surface area contributed by atoms with Crippen LogP contribution in [0.15, 0.2) is 12.5 Å². The third-order valence-corrected chi connectivity index (χ3v) is 5.39. The number of imidazole rings is 1. The van der Waals surface area contributed by atoms with Crippen LogP contribution in [0.5, 0.6) is 0 Å². The van der Waals surface area contributed by atoms with Crippen LogP contribution < -0.4 is 21.7 Å². The normalized spacial score (nSPS) is 14.4. The lowest BCUT2D eigenvalue weighted by atomic mass is 10.1. The summed E-state index contributed by atoms with van der Waals surface area (Å²) in [7, 11) is 0. The molecule has 1 heterocycles. The molecule has 3 amide bonds. The molecule has 0 saturated carbocycles. The SMILES string of the molecule is CSCCC(NC(=O)C(Cc1cnc[nH]1)NC(=O)C(N)CC(=O)O)C(=O)NC(CS)C(=O)O. The zero-order valence-corrected chi connectivity index (χ0v) is 19.5. The molecule has 0 aliphatic carbocycles. The van der Waals surface area contributed by atoms with Crippen molar-refractivity contribution in [2.45, 2.75) is 43.4 Å². The van der Waals surface area contributed by atoms with E-state index in [1.165, 1.54) is 24.3 Å². The van der Waals surface area contributed by atoms with Gasteiger partial charge in [-0.3, -0.25) is 19.2 Å². The first-order valence-electron chi connectivity index (χ1n) is 9.77. The Balaban J connectivity index is 3.00. The third kappa shape index (κ3) is 10.1. The lowest BCUT2D eigenvalue weighted by molar-refractivity contribution is -0.141. The second-order valence-electron chi connectivity index (χ2n) is 6.97. The molecule has 0 aliphatic heterocycles. The zero-order chi connectivity index (χ0) is 25.0. The number of rotatable bonds is 15. The summed E-state index contributed by atoms with van der Waals surface area (Å²) in [6, 6.07) is -4.92. The van der Waals surface area contributed by atoms with Crippen LogP contribution in [0.2, 0.25) is 0 Å². The molecule has 13 nitrogen and oxygen atoms in total. The number of H-pyrrole nitrogens is 1. The molecule has 4 unspecified atom stereocenters. The third-order valence-electron chi connectivity index (χ3n) is 4.38. The fourth-order valence-electron chi connectivity index (χ4n) is 2.62. The molecule has 1 aromatic heterocycles. The highest BCUT2D eigenvalue weighted by Gasteiger charge is 2.30. The van der Waals surface area contributed by atoms with Crippen LogP contribution in [0.3, 0.4) is 0 Å². The second kappa shape index (κ2) is 14.4. The van der Waals surface area contributed by atoms with Gasteiger partial charge in [-0.25, -0.2) is 9.78 Å². The Bertz CT molecular complexity index is 823. The summed E-state index contributed by atoms with van der Waals surface area (Å²) in [5.41, 5.74) is 6.07. The van der Waals surface area contributed by atoms with Crippen LogP contribution in [0.25, 0.3) is 0 Å². The van der Waals surface area contributed by atoms with Gasteiger partial charge in [0, 0.05) is 24.1 Å². The van der Waals surface area contributed by atoms with Crippen molar-refractivity contribution in [1.29, 1.82) is 0 Å². The summed E-state index contributed by atoms with van der Waals surface area (Å²) in [4.78, 5) is 66.6. The number of amides is 3. The number of nitrogens with one attached hydrogen (secondary N) is 4. The number of aliphatic carboxylic acids is 2. The van der Waals surface area contributed by atoms with Gasteiger partial charge in [-0.05, 0) is 18.4 Å². The van der Waals surface area contributed by atoms with Crippen LogP contribution in [0, 0.1) is 0 Å². The number of nitrogens with zero attached hydrogens (tertiary/aromatic N) is 1. The van der Waals surface area contributed by atoms with E-state index in [0.29, 0.717) is 11.4 Å². The van der Waals surface area contributed by atoms with Crippen molar-refractivity contribution >= 4 is 54.1 Å². The van der Waals surface area contributed by atoms with Gasteiger partial charge in [0.25, 0.3) is 0 Å². The summed E-state index contributed by atoms with van der Waals surface area (Å²) < 4.78 is 0. The number of thioether (sulfide) groups is 1. The van der Waals surface area contributed by atoms with Crippen molar-refractivity contribution in [3.8, 4) is 0 Å². The van der Waals surface area contributed by atoms with Crippen LogP contribution >= 0.6 is 24.4 Å². The molecule has 1 rings (SSSR count). The van der Waals surface area contributed by atoms with E-state index in [0.717, 1.165) is 0 Å². The van der Waals surface area contributed by atoms with Gasteiger partial charge in [0.2, 0.25) is 17.7 Å². The Hall–Kier alpha value is -2.78. The molecule has 8 N–H and O–H groups in total. The van der Waals surface area contributed by atoms with Gasteiger partial charge in [0.05, 0.1) is 18.8 Å². The average molecular weight is 505 g/mol. The van der Waals surface area contributed by atoms with Crippen molar-refractivity contribution in [1.82, 2.24) is 25.9 Å². The molecule has 33 heavy (non-hydrogen) atoms. The van der Waals surface area contributed by atoms with E-state index in [1.807, 2.05) is 0 Å². The smallest absolute Gasteiger partial charge is 0.327 e. The quantitative estimate of drug-likeness (QED) is 0.123. The van der Waals surface area contributed by atoms with E-state index in [1.54, 1.807) is 6.26 Å². The highest BCUT2D eigenvalue weighted by atomic mass is 32.2. The zero-order valence-electron chi connectivity index (χ0n) is 17.8. The van der Waals surface area contributed by atoms with Gasteiger partial charge in [0.1, 0.15) is 18.1 Å². The fourth-order valence-corrected chi connectivity index (χ4v) is 3.34. The summed E-state index contributed by atoms with van der Waals surface area (Å²) in [5.74, 6) is -4.53. The van der Waals surface area contributed by atoms with Gasteiger partial charge >= 0.3 is 11.9 Å². The van der Waals surface area contributed by atoms with E-state index in [4.69, 9.17) is 15.9 Å². The first-order valence-corrected chi connectivity index (χ1v) is 11.8. The molecule has 0 aromatic carbocycles. The maximum Gasteiger partial charge on any atom is 0.327 e. The summed E-state index contributed by atoms with van der Waals surface area (Å²) in [6.07, 6.45) is 4.13. The number of aromatic amines is 1. The van der Waals surface area contributed by atoms with Crippen molar-refractivity contribution in [3.63, 3.8) is 0 Å². The number of hydrogen-bond acceptors (Lipinski definition) is 9. The first kappa shape index (κ1) is 28.3. The predicted molar refractivity (Wildman–Crippen MR) is 123 cm³/mol. The lowest BCUT2D eigenvalue weighted by Gasteiger charge is -2.24. The van der Waals surface area contributed by atoms with Gasteiger partial charge in [-0.15, -0.1) is 0 Å². The molecule has 15 heteroatoms. The predicted octanol–water partition coefficient (Wildman–Crippen LogP) is -2.02. The summed E-state index contributed by atoms with van der Waals surface area (Å²) in [5, 5.41) is 25.2. The van der Waals surface area contributed by atoms with Crippen molar-refractivity contribution < 1.29 is 34.2 Å². The van der Waals surface area contributed by atoms with Crippen LogP contribution in [-0.2, 0) is 30.4 Å². The largest absolute Gasteiger partial charge is 0.481 e. The molecule has 184 valence electrons. The minimum Gasteiger partial charge on any atom is -0.481 e. The Morgan fingerprint density at radius 1 is 1.09 bits per heavy atom. The van der Waals surface area contributed by atoms with Gasteiger partial charge in [0.15, 0.2) is 0 Å². The monoisotopic (exact) mass is 504 g/mol. The van der Waals surface area contributed by atoms with Gasteiger partial charge < -0.3 is 36.9 Å². The molecule has 0 radical (unpaired) electrons. The number of carboxylic acids is 2. The molecule has 4 atom stereocenters. The first-order chi connectivity index (χ1) is 15.6. The molecule has 0 spiro atoms. The van der Waals surface area contributed by atoms with Crippen molar-refractivity contribution in [2.24, 2.45) is 5.73 Å². The van der Waals surface area contributed by atoms with Crippen LogP contribution in [-0.4, -0.2) is 91.8 Å². The van der Waals surface area contributed by atoms with E-state index >= 15 is 0 Å². The van der Waals surface area contributed by atoms with E-state index in [9.17, 15) is 24.0 Å². The molecule has 0 fully saturated rings. The molecular weight excluding hydrogens is 476 g/mol. The minimum absolute atomic E-state index is 0.0391. The number of hydrogen-bond donors (Lipinski definition) is 8. The Kier molecular flexibility index (Phi) is 12.3. The number of thiol groups is 1. The summed E-state index contributed by atoms with van der Waals surface area (Å²) >= 11 is 5.32. The standard InChI is InChI=1S/C18H28N6O7S2/c1-33-3-2-11(16(28)24-13(7-32)18(30)31)22-17(29)12(4-9-6-20-8-21-9)23-15(27)10(19)5-14(25)26/h6,8,10-13,32H,2-5,7,19H2,1H3,(H,20,21)(H,22,29)(H,23,27)(H,24,28)(H,25,26)(H,30,31). The van der Waals surface area contributed by atoms with Crippen molar-refractivity contribution in [3.05, 3.63) is 18.2 Å². The highest BCUT2D eigenvalue weighted by Crippen LogP contribution is 2.06. The fraction of sp³-hybridized carbons (Fsp3) is 0.556. The topological polar surface area (TPSA) is 217 Å². The summed E-state index contributed by atoms with van der Waals surface area (Å²) in [6.45, 7) is 0. The molecule has 0 aliphatic rings. The second-order valence-corrected chi connectivity index (χ2v) is 8.32. The van der Waals surface area contributed by atoms with E-state index < -0.39 is 60.2 Å². The molecule has 0 saturated heterocycles. The average Bonchev–Trinajstić information content (AvgIpc) is 3.26. The van der Waals surface area contributed by atoms with Crippen LogP contribution in [0.4, 0.5) is 0 Å². The number of carbonyl (C=O) groups is 5. The number of carbonyl (C=O) groups excluding carboxylic acids is 3. The number of carboxylic acid groups (broad SMARTS) is 2. The molecule has 1 aromatic rings. The van der Waals surface area contributed by atoms with Crippen molar-refractivity contribution in [2.75, 3.05) is 17.8 Å². The molecule has 0 bridgehead atoms. The minimum atomic E-state index is -1.39. The van der Waals surface area contributed by atoms with E-state index in [-0.39, 0.29) is 18.6 Å². The number of aromatic nitrogens is 2. The Labute approximate surface area is 199 Å². The molecular formula is C18H28N6O7S2. The van der Waals surface area contributed by atoms with Crippen LogP contribution in [0.1, 0.15) is 18.5 Å². The number of nitrogens with two attached hydrogens (primary N) is 1. The Morgan fingerprint density at radius 3 is 2.21 bits per heavy atom. The maximum absolute atomic E-state index is 13.0. The van der Waals surface area contributed by atoms with Gasteiger partial charge in [-0.1, -0.05) is 0 Å². The highest BCUT2D eigenvalue weighted by molar-refractivity contribution is 7.98. The van der Waals surface area contributed by atoms with Gasteiger partial charge in [-0.2, -0.15) is 24.4 Å². The maximum atomic E-state index is 13.0.